The minimum absolute atomic E-state index is 0.554. The Bertz CT molecular complexity index is 317. The molecule has 2 N–H and O–H groups in total. The van der Waals surface area contributed by atoms with Crippen LogP contribution in [0.2, 0.25) is 0 Å². The van der Waals surface area contributed by atoms with Crippen LogP contribution in [0.1, 0.15) is 38.4 Å². The Morgan fingerprint density at radius 2 is 2.06 bits per heavy atom. The molecule has 0 saturated heterocycles. The van der Waals surface area contributed by atoms with Gasteiger partial charge in [0, 0.05) is 11.8 Å². The molecule has 0 aliphatic carbocycles. The third-order valence-electron chi connectivity index (χ3n) is 2.34. The van der Waals surface area contributed by atoms with Crippen molar-refractivity contribution in [1.82, 2.24) is 4.98 Å². The van der Waals surface area contributed by atoms with E-state index in [9.17, 15) is 10.2 Å². The molecule has 0 aliphatic rings. The summed E-state index contributed by atoms with van der Waals surface area (Å²) < 4.78 is 5.28. The van der Waals surface area contributed by atoms with Gasteiger partial charge in [0.2, 0.25) is 0 Å². The topological polar surface area (TPSA) is 62.6 Å². The van der Waals surface area contributed by atoms with Crippen LogP contribution in [-0.4, -0.2) is 27.9 Å². The molecule has 1 rings (SSSR count). The van der Waals surface area contributed by atoms with Crippen molar-refractivity contribution in [2.24, 2.45) is 0 Å². The lowest BCUT2D eigenvalue weighted by molar-refractivity contribution is 0.0128. The second-order valence-corrected chi connectivity index (χ2v) is 3.69. The maximum atomic E-state index is 9.87. The highest BCUT2D eigenvalue weighted by molar-refractivity contribution is 5.25. The van der Waals surface area contributed by atoms with Gasteiger partial charge in [0.15, 0.2) is 0 Å². The van der Waals surface area contributed by atoms with Gasteiger partial charge in [0.1, 0.15) is 11.9 Å². The van der Waals surface area contributed by atoms with Crippen molar-refractivity contribution in [3.63, 3.8) is 0 Å². The zero-order valence-electron chi connectivity index (χ0n) is 9.76. The third-order valence-corrected chi connectivity index (χ3v) is 2.34. The largest absolute Gasteiger partial charge is 0.492 e. The Kier molecular flexibility index (Phi) is 5.22. The van der Waals surface area contributed by atoms with Crippen LogP contribution in [0.4, 0.5) is 0 Å². The first-order valence-corrected chi connectivity index (χ1v) is 5.62. The van der Waals surface area contributed by atoms with Gasteiger partial charge < -0.3 is 14.9 Å². The SMILES string of the molecule is CCCC(O)C(O)c1cncc(OCC)c1. The Hall–Kier alpha value is -1.13. The van der Waals surface area contributed by atoms with Crippen molar-refractivity contribution in [3.05, 3.63) is 24.0 Å². The first kappa shape index (κ1) is 12.9. The second kappa shape index (κ2) is 6.45. The monoisotopic (exact) mass is 225 g/mol. The van der Waals surface area contributed by atoms with Gasteiger partial charge in [-0.25, -0.2) is 0 Å². The van der Waals surface area contributed by atoms with E-state index in [0.29, 0.717) is 24.3 Å². The van der Waals surface area contributed by atoms with Crippen LogP contribution >= 0.6 is 0 Å². The Labute approximate surface area is 95.9 Å². The lowest BCUT2D eigenvalue weighted by Gasteiger charge is -2.17. The van der Waals surface area contributed by atoms with Crippen LogP contribution < -0.4 is 4.74 Å². The number of aromatic nitrogens is 1. The molecular weight excluding hydrogens is 206 g/mol. The smallest absolute Gasteiger partial charge is 0.137 e. The molecule has 2 unspecified atom stereocenters. The van der Waals surface area contributed by atoms with E-state index in [0.717, 1.165) is 6.42 Å². The van der Waals surface area contributed by atoms with Crippen LogP contribution in [0.15, 0.2) is 18.5 Å². The molecule has 90 valence electrons. The Balaban J connectivity index is 2.74. The molecule has 1 aromatic rings. The van der Waals surface area contributed by atoms with E-state index in [1.54, 1.807) is 18.5 Å². The molecule has 0 aromatic carbocycles. The lowest BCUT2D eigenvalue weighted by Crippen LogP contribution is -2.18. The van der Waals surface area contributed by atoms with Gasteiger partial charge in [-0.1, -0.05) is 13.3 Å². The van der Waals surface area contributed by atoms with E-state index in [-0.39, 0.29) is 0 Å². The first-order chi connectivity index (χ1) is 7.69. The van der Waals surface area contributed by atoms with Crippen molar-refractivity contribution in [2.75, 3.05) is 6.61 Å². The fourth-order valence-electron chi connectivity index (χ4n) is 1.52. The molecule has 1 aromatic heterocycles. The van der Waals surface area contributed by atoms with E-state index >= 15 is 0 Å². The first-order valence-electron chi connectivity index (χ1n) is 5.62. The number of rotatable bonds is 6. The van der Waals surface area contributed by atoms with Crippen molar-refractivity contribution < 1.29 is 14.9 Å². The molecule has 0 spiro atoms. The van der Waals surface area contributed by atoms with Gasteiger partial charge in [-0.2, -0.15) is 0 Å². The van der Waals surface area contributed by atoms with Crippen molar-refractivity contribution >= 4 is 0 Å². The van der Waals surface area contributed by atoms with Gasteiger partial charge in [-0.05, 0) is 19.4 Å². The molecular formula is C12H19NO3. The zero-order chi connectivity index (χ0) is 12.0. The van der Waals surface area contributed by atoms with Gasteiger partial charge >= 0.3 is 0 Å². The molecule has 16 heavy (non-hydrogen) atoms. The molecule has 4 heteroatoms. The Morgan fingerprint density at radius 1 is 1.31 bits per heavy atom. The molecule has 1 heterocycles. The summed E-state index contributed by atoms with van der Waals surface area (Å²) in [7, 11) is 0. The van der Waals surface area contributed by atoms with E-state index in [2.05, 4.69) is 4.98 Å². The summed E-state index contributed by atoms with van der Waals surface area (Å²) in [5, 5.41) is 19.5. The van der Waals surface area contributed by atoms with Crippen LogP contribution in [0.5, 0.6) is 5.75 Å². The molecule has 0 saturated carbocycles. The zero-order valence-corrected chi connectivity index (χ0v) is 9.76. The average molecular weight is 225 g/mol. The quantitative estimate of drug-likeness (QED) is 0.773. The second-order valence-electron chi connectivity index (χ2n) is 3.69. The summed E-state index contributed by atoms with van der Waals surface area (Å²) >= 11 is 0. The minimum Gasteiger partial charge on any atom is -0.492 e. The predicted molar refractivity (Wildman–Crippen MR) is 61.3 cm³/mol. The summed E-state index contributed by atoms with van der Waals surface area (Å²) in [6.45, 7) is 4.40. The highest BCUT2D eigenvalue weighted by atomic mass is 16.5. The summed E-state index contributed by atoms with van der Waals surface area (Å²) in [4.78, 5) is 3.97. The van der Waals surface area contributed by atoms with Gasteiger partial charge in [0.05, 0.1) is 18.9 Å². The van der Waals surface area contributed by atoms with Crippen LogP contribution in [-0.2, 0) is 0 Å². The van der Waals surface area contributed by atoms with Crippen molar-refractivity contribution in [2.45, 2.75) is 38.9 Å². The van der Waals surface area contributed by atoms with Crippen LogP contribution in [0.25, 0.3) is 0 Å². The maximum absolute atomic E-state index is 9.87. The lowest BCUT2D eigenvalue weighted by atomic mass is 10.0. The van der Waals surface area contributed by atoms with Crippen molar-refractivity contribution in [1.29, 1.82) is 0 Å². The highest BCUT2D eigenvalue weighted by Gasteiger charge is 2.18. The minimum atomic E-state index is -0.896. The fraction of sp³-hybridized carbons (Fsp3) is 0.583. The van der Waals surface area contributed by atoms with E-state index in [1.807, 2.05) is 13.8 Å². The summed E-state index contributed by atoms with van der Waals surface area (Å²) in [5.74, 6) is 0.614. The molecule has 0 amide bonds. The third kappa shape index (κ3) is 3.47. The van der Waals surface area contributed by atoms with Gasteiger partial charge in [-0.15, -0.1) is 0 Å². The standard InChI is InChI=1S/C12H19NO3/c1-3-5-11(14)12(15)9-6-10(16-4-2)8-13-7-9/h6-8,11-12,14-15H,3-5H2,1-2H3. The molecule has 4 nitrogen and oxygen atoms in total. The van der Waals surface area contributed by atoms with Crippen molar-refractivity contribution in [3.8, 4) is 5.75 Å². The Morgan fingerprint density at radius 3 is 2.69 bits per heavy atom. The summed E-state index contributed by atoms with van der Waals surface area (Å²) in [6, 6.07) is 1.71. The molecule has 0 aliphatic heterocycles. The number of nitrogens with zero attached hydrogens (tertiary/aromatic N) is 1. The summed E-state index contributed by atoms with van der Waals surface area (Å²) in [6.07, 6.45) is 2.89. The molecule has 0 bridgehead atoms. The number of aliphatic hydroxyl groups excluding tert-OH is 2. The van der Waals surface area contributed by atoms with Gasteiger partial charge in [-0.3, -0.25) is 4.98 Å². The van der Waals surface area contributed by atoms with E-state index < -0.39 is 12.2 Å². The normalized spacial score (nSPS) is 14.5. The molecule has 0 fully saturated rings. The number of hydrogen-bond donors (Lipinski definition) is 2. The number of pyridine rings is 1. The fourth-order valence-corrected chi connectivity index (χ4v) is 1.52. The summed E-state index contributed by atoms with van der Waals surface area (Å²) in [5.41, 5.74) is 0.590. The highest BCUT2D eigenvalue weighted by Crippen LogP contribution is 2.22. The van der Waals surface area contributed by atoms with Crippen LogP contribution in [0.3, 0.4) is 0 Å². The number of ether oxygens (including phenoxy) is 1. The molecule has 2 atom stereocenters. The number of aliphatic hydroxyl groups is 2. The maximum Gasteiger partial charge on any atom is 0.137 e. The van der Waals surface area contributed by atoms with E-state index in [4.69, 9.17) is 4.74 Å². The van der Waals surface area contributed by atoms with Crippen LogP contribution in [0, 0.1) is 0 Å². The number of hydrogen-bond acceptors (Lipinski definition) is 4. The van der Waals surface area contributed by atoms with E-state index in [1.165, 1.54) is 0 Å². The average Bonchev–Trinajstić information content (AvgIpc) is 2.29. The molecule has 0 radical (unpaired) electrons. The predicted octanol–water partition coefficient (Wildman–Crippen LogP) is 1.67. The van der Waals surface area contributed by atoms with Gasteiger partial charge in [0.25, 0.3) is 0 Å².